The zero-order valence-corrected chi connectivity index (χ0v) is 23.6. The summed E-state index contributed by atoms with van der Waals surface area (Å²) in [6, 6.07) is 18.2. The molecule has 1 atom stereocenters. The van der Waals surface area contributed by atoms with Crippen LogP contribution >= 0.6 is 0 Å². The third-order valence-electron chi connectivity index (χ3n) is 7.05. The van der Waals surface area contributed by atoms with E-state index < -0.39 is 5.97 Å². The van der Waals surface area contributed by atoms with Crippen molar-refractivity contribution in [2.45, 2.75) is 85.2 Å². The summed E-state index contributed by atoms with van der Waals surface area (Å²) >= 11 is 0. The number of rotatable bonds is 15. The fourth-order valence-electron chi connectivity index (χ4n) is 5.04. The number of benzene rings is 2. The van der Waals surface area contributed by atoms with Gasteiger partial charge in [0.15, 0.2) is 5.78 Å². The van der Waals surface area contributed by atoms with Gasteiger partial charge in [-0.1, -0.05) is 70.5 Å². The molecule has 3 rings (SSSR count). The number of ketones is 1. The minimum absolute atomic E-state index is 0.0319. The van der Waals surface area contributed by atoms with Crippen LogP contribution in [0.25, 0.3) is 0 Å². The van der Waals surface area contributed by atoms with Gasteiger partial charge in [0.1, 0.15) is 11.9 Å². The van der Waals surface area contributed by atoms with Crippen LogP contribution in [0.1, 0.15) is 104 Å². The fourth-order valence-corrected chi connectivity index (χ4v) is 5.04. The summed E-state index contributed by atoms with van der Waals surface area (Å²) in [6.45, 7) is 8.68. The number of hydrogen-bond donors (Lipinski definition) is 1. The molecule has 0 spiro atoms. The third kappa shape index (κ3) is 7.83. The van der Waals surface area contributed by atoms with Crippen LogP contribution in [0.2, 0.25) is 0 Å². The molecule has 0 saturated carbocycles. The van der Waals surface area contributed by atoms with Crippen LogP contribution in [-0.4, -0.2) is 21.4 Å². The van der Waals surface area contributed by atoms with Gasteiger partial charge in [0.2, 0.25) is 0 Å². The molecular weight excluding hydrogens is 474 g/mol. The van der Waals surface area contributed by atoms with E-state index in [4.69, 9.17) is 9.84 Å². The lowest BCUT2D eigenvalue weighted by Gasteiger charge is -2.20. The van der Waals surface area contributed by atoms with Crippen molar-refractivity contribution >= 4 is 11.8 Å². The highest BCUT2D eigenvalue weighted by molar-refractivity contribution is 6.10. The molecule has 38 heavy (non-hydrogen) atoms. The molecule has 0 fully saturated rings. The average Bonchev–Trinajstić information content (AvgIpc) is 3.21. The minimum Gasteiger partial charge on any atom is -0.486 e. The molecule has 2 aromatic carbocycles. The molecule has 3 aromatic rings. The maximum absolute atomic E-state index is 13.6. The molecule has 0 bridgehead atoms. The Kier molecular flexibility index (Phi) is 10.8. The van der Waals surface area contributed by atoms with E-state index in [-0.39, 0.29) is 18.3 Å². The molecule has 0 aliphatic rings. The number of unbranched alkanes of at least 4 members (excludes halogenated alkanes) is 1. The first-order chi connectivity index (χ1) is 18.2. The van der Waals surface area contributed by atoms with Gasteiger partial charge in [-0.25, -0.2) is 0 Å². The summed E-state index contributed by atoms with van der Waals surface area (Å²) < 4.78 is 8.54. The lowest BCUT2D eigenvalue weighted by Crippen LogP contribution is -2.10. The standard InChI is InChI=1S/C33H43NO4/c1-6-8-14-31(25-18-16-24(17-19-25)20-23(3)4)38-28-13-9-11-26(21-28)33(37)29-22-27(12-10-15-32(35)36)34(5)30(29)7-2/h9,11,13,16-19,21-23,31H,6-8,10,12,14-15,20H2,1-5H3,(H,35,36). The second-order valence-corrected chi connectivity index (χ2v) is 10.6. The van der Waals surface area contributed by atoms with Crippen LogP contribution in [0.4, 0.5) is 0 Å². The van der Waals surface area contributed by atoms with Crippen molar-refractivity contribution in [3.63, 3.8) is 0 Å². The van der Waals surface area contributed by atoms with Gasteiger partial charge < -0.3 is 14.4 Å². The first kappa shape index (κ1) is 29.2. The topological polar surface area (TPSA) is 68.5 Å². The Morgan fingerprint density at radius 1 is 1.00 bits per heavy atom. The van der Waals surface area contributed by atoms with Gasteiger partial charge in [-0.15, -0.1) is 0 Å². The van der Waals surface area contributed by atoms with Crippen molar-refractivity contribution in [1.29, 1.82) is 0 Å². The Morgan fingerprint density at radius 2 is 1.74 bits per heavy atom. The Morgan fingerprint density at radius 3 is 2.37 bits per heavy atom. The zero-order chi connectivity index (χ0) is 27.7. The van der Waals surface area contributed by atoms with E-state index in [1.807, 2.05) is 48.9 Å². The number of hydrogen-bond acceptors (Lipinski definition) is 3. The summed E-state index contributed by atoms with van der Waals surface area (Å²) in [6.07, 6.45) is 6.07. The molecule has 1 unspecified atom stereocenters. The SMILES string of the molecule is CCCCC(Oc1cccc(C(=O)c2cc(CCCC(=O)O)n(C)c2CC)c1)c1ccc(CC(C)C)cc1. The maximum atomic E-state index is 13.6. The van der Waals surface area contributed by atoms with Crippen molar-refractivity contribution in [1.82, 2.24) is 4.57 Å². The van der Waals surface area contributed by atoms with Crippen LogP contribution < -0.4 is 4.74 Å². The largest absolute Gasteiger partial charge is 0.486 e. The molecule has 204 valence electrons. The van der Waals surface area contributed by atoms with Gasteiger partial charge >= 0.3 is 5.97 Å². The van der Waals surface area contributed by atoms with E-state index in [0.29, 0.717) is 35.6 Å². The highest BCUT2D eigenvalue weighted by Gasteiger charge is 2.20. The number of carbonyl (C=O) groups is 2. The van der Waals surface area contributed by atoms with Gasteiger partial charge in [-0.3, -0.25) is 9.59 Å². The highest BCUT2D eigenvalue weighted by atomic mass is 16.5. The van der Waals surface area contributed by atoms with Gasteiger partial charge in [0.05, 0.1) is 0 Å². The number of carboxylic acid groups (broad SMARTS) is 1. The van der Waals surface area contributed by atoms with Crippen molar-refractivity contribution in [3.05, 3.63) is 88.2 Å². The Hall–Kier alpha value is -3.34. The molecule has 1 aromatic heterocycles. The molecule has 0 aliphatic carbocycles. The van der Waals surface area contributed by atoms with Crippen LogP contribution in [0.5, 0.6) is 5.75 Å². The first-order valence-corrected chi connectivity index (χ1v) is 14.0. The van der Waals surface area contributed by atoms with E-state index >= 15 is 0 Å². The Bertz CT molecular complexity index is 1210. The number of aromatic nitrogens is 1. The number of carbonyl (C=O) groups excluding carboxylic acids is 1. The molecule has 1 heterocycles. The smallest absolute Gasteiger partial charge is 0.303 e. The van der Waals surface area contributed by atoms with E-state index in [1.165, 1.54) is 5.56 Å². The maximum Gasteiger partial charge on any atom is 0.303 e. The number of ether oxygens (including phenoxy) is 1. The Labute approximate surface area is 227 Å². The summed E-state index contributed by atoms with van der Waals surface area (Å²) in [5.41, 5.74) is 5.73. The lowest BCUT2D eigenvalue weighted by atomic mass is 9.98. The average molecular weight is 518 g/mol. The first-order valence-electron chi connectivity index (χ1n) is 14.0. The quantitative estimate of drug-likeness (QED) is 0.209. The van der Waals surface area contributed by atoms with Crippen molar-refractivity contribution in [3.8, 4) is 5.75 Å². The number of carboxylic acids is 1. The summed E-state index contributed by atoms with van der Waals surface area (Å²) in [5.74, 6) is 0.480. The number of aliphatic carboxylic acids is 1. The van der Waals surface area contributed by atoms with Crippen LogP contribution in [0.3, 0.4) is 0 Å². The zero-order valence-electron chi connectivity index (χ0n) is 23.6. The highest BCUT2D eigenvalue weighted by Crippen LogP contribution is 2.29. The van der Waals surface area contributed by atoms with Gasteiger partial charge in [0, 0.05) is 36.0 Å². The molecule has 5 nitrogen and oxygen atoms in total. The van der Waals surface area contributed by atoms with Crippen LogP contribution in [-0.2, 0) is 31.1 Å². The van der Waals surface area contributed by atoms with Crippen molar-refractivity contribution < 1.29 is 19.4 Å². The van der Waals surface area contributed by atoms with Gasteiger partial charge in [-0.05, 0) is 73.8 Å². The van der Waals surface area contributed by atoms with Gasteiger partial charge in [0.25, 0.3) is 0 Å². The molecule has 5 heteroatoms. The van der Waals surface area contributed by atoms with E-state index in [1.54, 1.807) is 0 Å². The predicted molar refractivity (Wildman–Crippen MR) is 153 cm³/mol. The lowest BCUT2D eigenvalue weighted by molar-refractivity contribution is -0.137. The molecule has 0 amide bonds. The van der Waals surface area contributed by atoms with Gasteiger partial charge in [-0.2, -0.15) is 0 Å². The van der Waals surface area contributed by atoms with E-state index in [0.717, 1.165) is 49.1 Å². The Balaban J connectivity index is 1.82. The second-order valence-electron chi connectivity index (χ2n) is 10.6. The van der Waals surface area contributed by atoms with Crippen LogP contribution in [0, 0.1) is 5.92 Å². The minimum atomic E-state index is -0.799. The van der Waals surface area contributed by atoms with E-state index in [9.17, 15) is 9.59 Å². The summed E-state index contributed by atoms with van der Waals surface area (Å²) in [5, 5.41) is 8.98. The molecular formula is C33H43NO4. The third-order valence-corrected chi connectivity index (χ3v) is 7.05. The second kappa shape index (κ2) is 14.0. The molecule has 0 aliphatic heterocycles. The summed E-state index contributed by atoms with van der Waals surface area (Å²) in [7, 11) is 1.95. The van der Waals surface area contributed by atoms with E-state index in [2.05, 4.69) is 45.0 Å². The summed E-state index contributed by atoms with van der Waals surface area (Å²) in [4.78, 5) is 24.5. The normalized spacial score (nSPS) is 12.1. The van der Waals surface area contributed by atoms with Crippen molar-refractivity contribution in [2.24, 2.45) is 13.0 Å². The fraction of sp³-hybridized carbons (Fsp3) is 0.455. The number of nitrogens with zero attached hydrogens (tertiary/aromatic N) is 1. The van der Waals surface area contributed by atoms with Crippen molar-refractivity contribution in [2.75, 3.05) is 0 Å². The molecule has 1 N–H and O–H groups in total. The predicted octanol–water partition coefficient (Wildman–Crippen LogP) is 7.73. The monoisotopic (exact) mass is 517 g/mol. The van der Waals surface area contributed by atoms with Crippen LogP contribution in [0.15, 0.2) is 54.6 Å². The molecule has 0 radical (unpaired) electrons. The number of aryl methyl sites for hydroxylation is 1. The molecule has 0 saturated heterocycles.